The van der Waals surface area contributed by atoms with Crippen LogP contribution in [-0.4, -0.2) is 40.7 Å². The van der Waals surface area contributed by atoms with Gasteiger partial charge in [-0.2, -0.15) is 5.10 Å². The minimum Gasteiger partial charge on any atom is -0.340 e. The van der Waals surface area contributed by atoms with Gasteiger partial charge in [-0.3, -0.25) is 9.48 Å². The van der Waals surface area contributed by atoms with Gasteiger partial charge in [0, 0.05) is 25.2 Å². The number of carbonyl (C=O) groups is 1. The Morgan fingerprint density at radius 3 is 2.35 bits per heavy atom. The van der Waals surface area contributed by atoms with E-state index in [9.17, 15) is 4.79 Å². The molecule has 0 aromatic carbocycles. The Bertz CT molecular complexity index is 555. The van der Waals surface area contributed by atoms with Crippen molar-refractivity contribution < 1.29 is 4.79 Å². The highest BCUT2D eigenvalue weighted by molar-refractivity contribution is 5.92. The van der Waals surface area contributed by atoms with Crippen LogP contribution in [0.2, 0.25) is 0 Å². The van der Waals surface area contributed by atoms with Crippen molar-refractivity contribution >= 4 is 18.3 Å². The van der Waals surface area contributed by atoms with Crippen molar-refractivity contribution in [2.45, 2.75) is 58.9 Å². The van der Waals surface area contributed by atoms with Crippen molar-refractivity contribution in [1.82, 2.24) is 14.7 Å². The van der Waals surface area contributed by atoms with Crippen molar-refractivity contribution in [2.24, 2.45) is 11.1 Å². The van der Waals surface area contributed by atoms with E-state index in [-0.39, 0.29) is 29.3 Å². The lowest BCUT2D eigenvalue weighted by atomic mass is 9.93. The summed E-state index contributed by atoms with van der Waals surface area (Å²) in [6.07, 6.45) is 2.40. The number of rotatable bonds is 5. The van der Waals surface area contributed by atoms with Gasteiger partial charge < -0.3 is 10.6 Å². The molecule has 0 saturated heterocycles. The molecular weight excluding hydrogens is 312 g/mol. The minimum absolute atomic E-state index is 0. The molecule has 1 fully saturated rings. The third-order valence-corrected chi connectivity index (χ3v) is 4.15. The summed E-state index contributed by atoms with van der Waals surface area (Å²) in [7, 11) is 1.83. The highest BCUT2D eigenvalue weighted by atomic mass is 35.5. The molecule has 1 aliphatic carbocycles. The maximum atomic E-state index is 12.7. The molecule has 0 unspecified atom stereocenters. The second-order valence-electron chi connectivity index (χ2n) is 8.34. The molecule has 1 saturated carbocycles. The minimum atomic E-state index is -0.106. The van der Waals surface area contributed by atoms with Crippen LogP contribution in [0.5, 0.6) is 0 Å². The number of carbonyl (C=O) groups excluding carboxylic acids is 1. The zero-order valence-electron chi connectivity index (χ0n) is 15.2. The molecule has 0 spiro atoms. The third kappa shape index (κ3) is 4.70. The number of hydrogen-bond acceptors (Lipinski definition) is 3. The van der Waals surface area contributed by atoms with Crippen LogP contribution in [-0.2, 0) is 5.54 Å². The van der Waals surface area contributed by atoms with Gasteiger partial charge in [-0.1, -0.05) is 13.8 Å². The van der Waals surface area contributed by atoms with Crippen molar-refractivity contribution in [1.29, 1.82) is 0 Å². The fourth-order valence-electron chi connectivity index (χ4n) is 2.68. The summed E-state index contributed by atoms with van der Waals surface area (Å²) in [5, 5.41) is 4.61. The maximum absolute atomic E-state index is 12.7. The van der Waals surface area contributed by atoms with E-state index in [0.717, 1.165) is 0 Å². The Labute approximate surface area is 146 Å². The smallest absolute Gasteiger partial charge is 0.274 e. The van der Waals surface area contributed by atoms with Gasteiger partial charge in [0.25, 0.3) is 5.91 Å². The molecule has 0 bridgehead atoms. The van der Waals surface area contributed by atoms with Crippen LogP contribution in [0.1, 0.15) is 69.6 Å². The van der Waals surface area contributed by atoms with E-state index < -0.39 is 0 Å². The molecule has 132 valence electrons. The lowest BCUT2D eigenvalue weighted by Crippen LogP contribution is -2.40. The number of amides is 1. The van der Waals surface area contributed by atoms with Crippen LogP contribution in [0.15, 0.2) is 6.07 Å². The molecule has 0 atom stereocenters. The molecule has 0 radical (unpaired) electrons. The topological polar surface area (TPSA) is 64.2 Å². The van der Waals surface area contributed by atoms with Crippen molar-refractivity contribution in [3.63, 3.8) is 0 Å². The fraction of sp³-hybridized carbons (Fsp3) is 0.765. The molecule has 1 aromatic rings. The quantitative estimate of drug-likeness (QED) is 0.894. The van der Waals surface area contributed by atoms with E-state index >= 15 is 0 Å². The highest BCUT2D eigenvalue weighted by Gasteiger charge is 2.33. The molecule has 2 rings (SSSR count). The lowest BCUT2D eigenvalue weighted by Gasteiger charge is -2.28. The van der Waals surface area contributed by atoms with Gasteiger partial charge in [0.1, 0.15) is 0 Å². The van der Waals surface area contributed by atoms with Crippen LogP contribution in [0.4, 0.5) is 0 Å². The summed E-state index contributed by atoms with van der Waals surface area (Å²) in [4.78, 5) is 14.4. The Hall–Kier alpha value is -1.07. The van der Waals surface area contributed by atoms with E-state index in [2.05, 4.69) is 39.7 Å². The summed E-state index contributed by atoms with van der Waals surface area (Å²) in [5.74, 6) is 0.547. The second-order valence-corrected chi connectivity index (χ2v) is 8.34. The van der Waals surface area contributed by atoms with Gasteiger partial charge in [0.05, 0.1) is 5.54 Å². The van der Waals surface area contributed by atoms with Crippen molar-refractivity contribution in [3.8, 4) is 0 Å². The number of nitrogens with zero attached hydrogens (tertiary/aromatic N) is 3. The van der Waals surface area contributed by atoms with Crippen LogP contribution < -0.4 is 5.73 Å². The molecule has 2 N–H and O–H groups in total. The first-order chi connectivity index (χ1) is 10.0. The third-order valence-electron chi connectivity index (χ3n) is 4.15. The van der Waals surface area contributed by atoms with Gasteiger partial charge in [0.15, 0.2) is 5.69 Å². The van der Waals surface area contributed by atoms with Crippen molar-refractivity contribution in [2.75, 3.05) is 20.1 Å². The van der Waals surface area contributed by atoms with Crippen LogP contribution in [0, 0.1) is 5.41 Å². The lowest BCUT2D eigenvalue weighted by molar-refractivity contribution is 0.0733. The van der Waals surface area contributed by atoms with Gasteiger partial charge >= 0.3 is 0 Å². The molecule has 5 nitrogen and oxygen atoms in total. The number of halogens is 1. The van der Waals surface area contributed by atoms with Crippen LogP contribution >= 0.6 is 12.4 Å². The summed E-state index contributed by atoms with van der Waals surface area (Å²) < 4.78 is 2.03. The number of hydrogen-bond donors (Lipinski definition) is 1. The first-order valence-electron chi connectivity index (χ1n) is 8.11. The number of nitrogens with two attached hydrogens (primary N) is 1. The SMILES string of the molecule is CN(CC(C)(C)CN)C(=O)c1cc(C2CC2)n(C(C)(C)C)n1.Cl. The average molecular weight is 343 g/mol. The summed E-state index contributed by atoms with van der Waals surface area (Å²) >= 11 is 0. The predicted octanol–water partition coefficient (Wildman–Crippen LogP) is 2.99. The fourth-order valence-corrected chi connectivity index (χ4v) is 2.68. The Kier molecular flexibility index (Phi) is 5.92. The predicted molar refractivity (Wildman–Crippen MR) is 96.2 cm³/mol. The van der Waals surface area contributed by atoms with Gasteiger partial charge in [-0.05, 0) is 51.6 Å². The maximum Gasteiger partial charge on any atom is 0.274 e. The second kappa shape index (κ2) is 6.81. The first kappa shape index (κ1) is 20.0. The number of aromatic nitrogens is 2. The van der Waals surface area contributed by atoms with Gasteiger partial charge in [-0.15, -0.1) is 12.4 Å². The summed E-state index contributed by atoms with van der Waals surface area (Å²) in [6.45, 7) is 11.7. The van der Waals surface area contributed by atoms with Crippen LogP contribution in [0.25, 0.3) is 0 Å². The highest BCUT2D eigenvalue weighted by Crippen LogP contribution is 2.41. The van der Waals surface area contributed by atoms with Gasteiger partial charge in [-0.25, -0.2) is 0 Å². The van der Waals surface area contributed by atoms with E-state index in [1.165, 1.54) is 18.5 Å². The van der Waals surface area contributed by atoms with E-state index in [1.54, 1.807) is 4.90 Å². The Balaban J connectivity index is 0.00000264. The normalized spacial score (nSPS) is 15.3. The van der Waals surface area contributed by atoms with E-state index in [4.69, 9.17) is 5.73 Å². The molecule has 0 aliphatic heterocycles. The molecule has 1 heterocycles. The standard InChI is InChI=1S/C17H30N4O.ClH/c1-16(2,3)21-14(12-7-8-12)9-13(19-21)15(22)20(6)11-17(4,5)10-18;/h9,12H,7-8,10-11,18H2,1-6H3;1H. The van der Waals surface area contributed by atoms with Crippen molar-refractivity contribution in [3.05, 3.63) is 17.5 Å². The largest absolute Gasteiger partial charge is 0.340 e. The Morgan fingerprint density at radius 1 is 1.35 bits per heavy atom. The molecular formula is C17H31ClN4O. The summed E-state index contributed by atoms with van der Waals surface area (Å²) in [6, 6.07) is 1.98. The van der Waals surface area contributed by atoms with Gasteiger partial charge in [0.2, 0.25) is 0 Å². The van der Waals surface area contributed by atoms with E-state index in [0.29, 0.717) is 24.7 Å². The monoisotopic (exact) mass is 342 g/mol. The molecule has 1 aliphatic rings. The average Bonchev–Trinajstić information content (AvgIpc) is 3.14. The Morgan fingerprint density at radius 2 is 1.91 bits per heavy atom. The molecule has 6 heteroatoms. The zero-order chi connectivity index (χ0) is 16.7. The summed E-state index contributed by atoms with van der Waals surface area (Å²) in [5.41, 5.74) is 7.32. The van der Waals surface area contributed by atoms with Crippen LogP contribution in [0.3, 0.4) is 0 Å². The first-order valence-corrected chi connectivity index (χ1v) is 8.11. The zero-order valence-corrected chi connectivity index (χ0v) is 16.0. The molecule has 1 amide bonds. The molecule has 1 aromatic heterocycles. The molecule has 23 heavy (non-hydrogen) atoms. The van der Waals surface area contributed by atoms with E-state index in [1.807, 2.05) is 17.8 Å².